The third kappa shape index (κ3) is 6.31. The molecule has 1 atom stereocenters. The standard InChI is InChI=1S/C27H32ClN5O2S2/c1-5-27(3,4)17-7-12-20-21(14-29)25(37-22(20)13-17)30-24(34)16-36-26-32-31-23(33(26)6-2)15-35-19-10-8-18(28)9-11-19/h8-11,17H,5-7,12-13,15-16H2,1-4H3,(H,30,34)/t17-/m0/s1. The minimum absolute atomic E-state index is 0.157. The van der Waals surface area contributed by atoms with Crippen LogP contribution >= 0.6 is 34.7 Å². The van der Waals surface area contributed by atoms with Gasteiger partial charge in [0.2, 0.25) is 5.91 Å². The Labute approximate surface area is 231 Å². The number of aromatic nitrogens is 3. The van der Waals surface area contributed by atoms with Crippen molar-refractivity contribution in [3.05, 3.63) is 51.1 Å². The fraction of sp³-hybridized carbons (Fsp3) is 0.481. The summed E-state index contributed by atoms with van der Waals surface area (Å²) in [6.07, 6.45) is 4.08. The SMILES string of the molecule is CCn1c(COc2ccc(Cl)cc2)nnc1SCC(=O)Nc1sc2c(c1C#N)CC[C@H](C(C)(C)CC)C2. The van der Waals surface area contributed by atoms with Crippen molar-refractivity contribution in [3.63, 3.8) is 0 Å². The molecule has 4 rings (SSSR count). The molecular weight excluding hydrogens is 526 g/mol. The van der Waals surface area contributed by atoms with Gasteiger partial charge in [-0.25, -0.2) is 0 Å². The van der Waals surface area contributed by atoms with Crippen molar-refractivity contribution in [1.82, 2.24) is 14.8 Å². The molecule has 0 fully saturated rings. The fourth-order valence-corrected chi connectivity index (χ4v) is 6.81. The van der Waals surface area contributed by atoms with E-state index in [1.807, 2.05) is 11.5 Å². The van der Waals surface area contributed by atoms with Crippen LogP contribution in [0.2, 0.25) is 5.02 Å². The molecule has 7 nitrogen and oxygen atoms in total. The Morgan fingerprint density at radius 2 is 2.08 bits per heavy atom. The van der Waals surface area contributed by atoms with Gasteiger partial charge in [-0.2, -0.15) is 5.26 Å². The molecule has 196 valence electrons. The lowest BCUT2D eigenvalue weighted by atomic mass is 9.69. The van der Waals surface area contributed by atoms with Gasteiger partial charge < -0.3 is 14.6 Å². The number of nitrogens with zero attached hydrogens (tertiary/aromatic N) is 4. The van der Waals surface area contributed by atoms with Crippen LogP contribution in [0.1, 0.15) is 62.4 Å². The monoisotopic (exact) mass is 557 g/mol. The van der Waals surface area contributed by atoms with E-state index >= 15 is 0 Å². The molecule has 2 aromatic heterocycles. The summed E-state index contributed by atoms with van der Waals surface area (Å²) in [5.74, 6) is 1.99. The highest BCUT2D eigenvalue weighted by atomic mass is 35.5. The number of hydrogen-bond donors (Lipinski definition) is 1. The number of amides is 1. The Bertz CT molecular complexity index is 1290. The van der Waals surface area contributed by atoms with Crippen molar-refractivity contribution in [2.45, 2.75) is 71.7 Å². The van der Waals surface area contributed by atoms with E-state index in [1.54, 1.807) is 35.6 Å². The van der Waals surface area contributed by atoms with Gasteiger partial charge in [-0.15, -0.1) is 21.5 Å². The summed E-state index contributed by atoms with van der Waals surface area (Å²) in [5.41, 5.74) is 2.02. The first-order valence-electron chi connectivity index (χ1n) is 12.5. The Morgan fingerprint density at radius 1 is 1.32 bits per heavy atom. The van der Waals surface area contributed by atoms with Gasteiger partial charge in [0, 0.05) is 16.4 Å². The topological polar surface area (TPSA) is 92.8 Å². The van der Waals surface area contributed by atoms with E-state index < -0.39 is 0 Å². The third-order valence-corrected chi connectivity index (χ3v) is 9.66. The lowest BCUT2D eigenvalue weighted by Crippen LogP contribution is -2.28. The normalized spacial score (nSPS) is 15.2. The maximum Gasteiger partial charge on any atom is 0.235 e. The average Bonchev–Trinajstić information content (AvgIpc) is 3.46. The maximum atomic E-state index is 12.9. The van der Waals surface area contributed by atoms with Crippen LogP contribution in [0.5, 0.6) is 5.75 Å². The zero-order valence-electron chi connectivity index (χ0n) is 21.6. The zero-order valence-corrected chi connectivity index (χ0v) is 24.0. The van der Waals surface area contributed by atoms with Gasteiger partial charge in [0.25, 0.3) is 0 Å². The number of benzene rings is 1. The van der Waals surface area contributed by atoms with Gasteiger partial charge in [-0.3, -0.25) is 4.79 Å². The van der Waals surface area contributed by atoms with Crippen molar-refractivity contribution in [3.8, 4) is 11.8 Å². The van der Waals surface area contributed by atoms with E-state index in [0.29, 0.717) is 44.8 Å². The summed E-state index contributed by atoms with van der Waals surface area (Å²) >= 11 is 8.82. The smallest absolute Gasteiger partial charge is 0.235 e. The number of fused-ring (bicyclic) bond motifs is 1. The molecule has 0 saturated carbocycles. The highest BCUT2D eigenvalue weighted by Crippen LogP contribution is 2.45. The molecule has 10 heteroatoms. The van der Waals surface area contributed by atoms with Crippen molar-refractivity contribution in [2.75, 3.05) is 11.1 Å². The highest BCUT2D eigenvalue weighted by molar-refractivity contribution is 7.99. The second-order valence-corrected chi connectivity index (χ2v) is 12.3. The summed E-state index contributed by atoms with van der Waals surface area (Å²) in [4.78, 5) is 14.1. The Morgan fingerprint density at radius 3 is 2.76 bits per heavy atom. The van der Waals surface area contributed by atoms with Gasteiger partial charge in [0.05, 0.1) is 11.3 Å². The highest BCUT2D eigenvalue weighted by Gasteiger charge is 2.34. The maximum absolute atomic E-state index is 12.9. The van der Waals surface area contributed by atoms with Gasteiger partial charge in [0.1, 0.15) is 23.4 Å². The predicted molar refractivity (Wildman–Crippen MR) is 149 cm³/mol. The third-order valence-electron chi connectivity index (χ3n) is 7.27. The van der Waals surface area contributed by atoms with Crippen LogP contribution in [0.15, 0.2) is 29.4 Å². The van der Waals surface area contributed by atoms with Crippen molar-refractivity contribution < 1.29 is 9.53 Å². The zero-order chi connectivity index (χ0) is 26.6. The van der Waals surface area contributed by atoms with E-state index in [1.165, 1.54) is 16.6 Å². The number of rotatable bonds is 10. The number of anilines is 1. The summed E-state index contributed by atoms with van der Waals surface area (Å²) in [5, 5.41) is 23.3. The van der Waals surface area contributed by atoms with Crippen molar-refractivity contribution >= 4 is 45.6 Å². The molecule has 1 aliphatic carbocycles. The van der Waals surface area contributed by atoms with Crippen LogP contribution < -0.4 is 10.1 Å². The number of halogens is 1. The second-order valence-electron chi connectivity index (χ2n) is 9.82. The molecule has 1 aliphatic rings. The van der Waals surface area contributed by atoms with Crippen LogP contribution in [-0.4, -0.2) is 26.4 Å². The number of carbonyl (C=O) groups excluding carboxylic acids is 1. The number of thiophene rings is 1. The molecule has 2 heterocycles. The van der Waals surface area contributed by atoms with Crippen LogP contribution in [0.3, 0.4) is 0 Å². The number of ether oxygens (including phenoxy) is 1. The van der Waals surface area contributed by atoms with Gasteiger partial charge in [-0.1, -0.05) is 50.6 Å². The van der Waals surface area contributed by atoms with Gasteiger partial charge >= 0.3 is 0 Å². The summed E-state index contributed by atoms with van der Waals surface area (Å²) < 4.78 is 7.75. The number of nitriles is 1. The lowest BCUT2D eigenvalue weighted by Gasteiger charge is -2.36. The van der Waals surface area contributed by atoms with Gasteiger partial charge in [-0.05, 0) is 67.3 Å². The number of nitrogens with one attached hydrogen (secondary N) is 1. The van der Waals surface area contributed by atoms with Crippen molar-refractivity contribution in [2.24, 2.45) is 11.3 Å². The first-order chi connectivity index (χ1) is 17.7. The van der Waals surface area contributed by atoms with Crippen LogP contribution in [-0.2, 0) is 30.8 Å². The molecule has 0 aliphatic heterocycles. The molecule has 0 unspecified atom stereocenters. The molecule has 1 N–H and O–H groups in total. The largest absolute Gasteiger partial charge is 0.486 e. The summed E-state index contributed by atoms with van der Waals surface area (Å²) in [7, 11) is 0. The summed E-state index contributed by atoms with van der Waals surface area (Å²) in [6.45, 7) is 9.81. The molecule has 0 radical (unpaired) electrons. The molecule has 0 saturated heterocycles. The molecule has 0 spiro atoms. The molecule has 37 heavy (non-hydrogen) atoms. The van der Waals surface area contributed by atoms with Crippen LogP contribution in [0.4, 0.5) is 5.00 Å². The minimum atomic E-state index is -0.157. The van der Waals surface area contributed by atoms with Crippen LogP contribution in [0.25, 0.3) is 0 Å². The number of hydrogen-bond acceptors (Lipinski definition) is 7. The Hall–Kier alpha value is -2.54. The first kappa shape index (κ1) is 27.5. The molecular formula is C27H32ClN5O2S2. The molecule has 1 aromatic carbocycles. The molecule has 0 bridgehead atoms. The summed E-state index contributed by atoms with van der Waals surface area (Å²) in [6, 6.07) is 9.49. The number of carbonyl (C=O) groups is 1. The minimum Gasteiger partial charge on any atom is -0.486 e. The fourth-order valence-electron chi connectivity index (χ4n) is 4.57. The van der Waals surface area contributed by atoms with Crippen LogP contribution in [0, 0.1) is 22.7 Å². The lowest BCUT2D eigenvalue weighted by molar-refractivity contribution is -0.113. The quantitative estimate of drug-likeness (QED) is 0.278. The number of thioether (sulfide) groups is 1. The Kier molecular flexibility index (Phi) is 8.83. The van der Waals surface area contributed by atoms with E-state index in [-0.39, 0.29) is 23.7 Å². The predicted octanol–water partition coefficient (Wildman–Crippen LogP) is 6.74. The van der Waals surface area contributed by atoms with E-state index in [0.717, 1.165) is 31.2 Å². The first-order valence-corrected chi connectivity index (χ1v) is 14.7. The van der Waals surface area contributed by atoms with Gasteiger partial charge in [0.15, 0.2) is 11.0 Å². The Balaban J connectivity index is 1.38. The molecule has 1 amide bonds. The second kappa shape index (κ2) is 11.9. The molecule has 3 aromatic rings. The van der Waals surface area contributed by atoms with E-state index in [9.17, 15) is 10.1 Å². The van der Waals surface area contributed by atoms with E-state index in [2.05, 4.69) is 42.4 Å². The average molecular weight is 558 g/mol. The van der Waals surface area contributed by atoms with E-state index in [4.69, 9.17) is 16.3 Å². The van der Waals surface area contributed by atoms with Crippen molar-refractivity contribution in [1.29, 1.82) is 5.26 Å².